The summed E-state index contributed by atoms with van der Waals surface area (Å²) in [4.78, 5) is 14.3. The van der Waals surface area contributed by atoms with Crippen LogP contribution in [0.2, 0.25) is 0 Å². The number of hydrogen-bond donors (Lipinski definition) is 1. The Bertz CT molecular complexity index is 467. The van der Waals surface area contributed by atoms with Crippen molar-refractivity contribution in [1.82, 2.24) is 0 Å². The fourth-order valence-electron chi connectivity index (χ4n) is 2.93. The first kappa shape index (κ1) is 17.8. The van der Waals surface area contributed by atoms with Crippen molar-refractivity contribution in [3.8, 4) is 5.75 Å². The summed E-state index contributed by atoms with van der Waals surface area (Å²) in [5, 5.41) is 0. The average Bonchev–Trinajstić information content (AvgIpc) is 2.85. The molecule has 1 aliphatic rings. The lowest BCUT2D eigenvalue weighted by atomic mass is 9.99. The SMILES string of the molecule is CCN(C(=O)C[C@@H]1CCC[C@H]1N)c1cccc(OC)c1.Cl. The summed E-state index contributed by atoms with van der Waals surface area (Å²) < 4.78 is 5.22. The van der Waals surface area contributed by atoms with Gasteiger partial charge in [-0.3, -0.25) is 4.79 Å². The van der Waals surface area contributed by atoms with Crippen LogP contribution in [0.5, 0.6) is 5.75 Å². The van der Waals surface area contributed by atoms with Gasteiger partial charge in [0.05, 0.1) is 7.11 Å². The molecule has 1 aromatic rings. The van der Waals surface area contributed by atoms with Gasteiger partial charge in [0.2, 0.25) is 5.91 Å². The van der Waals surface area contributed by atoms with Crippen molar-refractivity contribution in [2.75, 3.05) is 18.6 Å². The van der Waals surface area contributed by atoms with Crippen LogP contribution >= 0.6 is 12.4 Å². The van der Waals surface area contributed by atoms with Gasteiger partial charge in [0, 0.05) is 30.8 Å². The molecule has 2 rings (SSSR count). The number of hydrogen-bond acceptors (Lipinski definition) is 3. The molecule has 0 unspecified atom stereocenters. The van der Waals surface area contributed by atoms with Gasteiger partial charge in [-0.2, -0.15) is 0 Å². The first-order chi connectivity index (χ1) is 9.65. The number of carbonyl (C=O) groups excluding carboxylic acids is 1. The lowest BCUT2D eigenvalue weighted by Crippen LogP contribution is -2.35. The van der Waals surface area contributed by atoms with E-state index in [1.165, 1.54) is 0 Å². The Kier molecular flexibility index (Phi) is 6.99. The number of anilines is 1. The van der Waals surface area contributed by atoms with Gasteiger partial charge in [0.1, 0.15) is 5.75 Å². The lowest BCUT2D eigenvalue weighted by Gasteiger charge is -2.24. The van der Waals surface area contributed by atoms with E-state index in [4.69, 9.17) is 10.5 Å². The number of amides is 1. The summed E-state index contributed by atoms with van der Waals surface area (Å²) in [6.45, 7) is 2.65. The summed E-state index contributed by atoms with van der Waals surface area (Å²) in [6.07, 6.45) is 3.81. The first-order valence-electron chi connectivity index (χ1n) is 7.35. The van der Waals surface area contributed by atoms with Gasteiger partial charge >= 0.3 is 0 Å². The second kappa shape index (κ2) is 8.25. The molecular weight excluding hydrogens is 288 g/mol. The maximum atomic E-state index is 12.5. The second-order valence-electron chi connectivity index (χ2n) is 5.40. The lowest BCUT2D eigenvalue weighted by molar-refractivity contribution is -0.119. The van der Waals surface area contributed by atoms with E-state index in [1.807, 2.05) is 36.1 Å². The maximum absolute atomic E-state index is 12.5. The predicted octanol–water partition coefficient (Wildman–Crippen LogP) is 2.99. The highest BCUT2D eigenvalue weighted by molar-refractivity contribution is 5.93. The van der Waals surface area contributed by atoms with Gasteiger partial charge in [-0.15, -0.1) is 12.4 Å². The average molecular weight is 313 g/mol. The van der Waals surface area contributed by atoms with Crippen molar-refractivity contribution >= 4 is 24.0 Å². The molecule has 0 aliphatic heterocycles. The van der Waals surface area contributed by atoms with Crippen LogP contribution in [-0.4, -0.2) is 25.6 Å². The zero-order chi connectivity index (χ0) is 14.5. The minimum absolute atomic E-state index is 0. The van der Waals surface area contributed by atoms with Crippen molar-refractivity contribution in [3.63, 3.8) is 0 Å². The number of nitrogens with zero attached hydrogens (tertiary/aromatic N) is 1. The third-order valence-electron chi connectivity index (χ3n) is 4.14. The third-order valence-corrected chi connectivity index (χ3v) is 4.14. The normalized spacial score (nSPS) is 20.7. The van der Waals surface area contributed by atoms with Crippen molar-refractivity contribution in [3.05, 3.63) is 24.3 Å². The molecule has 1 saturated carbocycles. The highest BCUT2D eigenvalue weighted by atomic mass is 35.5. The fraction of sp³-hybridized carbons (Fsp3) is 0.562. The zero-order valence-corrected chi connectivity index (χ0v) is 13.6. The number of halogens is 1. The molecule has 0 saturated heterocycles. The summed E-state index contributed by atoms with van der Waals surface area (Å²) in [6, 6.07) is 7.82. The van der Waals surface area contributed by atoms with Gasteiger partial charge < -0.3 is 15.4 Å². The largest absolute Gasteiger partial charge is 0.497 e. The highest BCUT2D eigenvalue weighted by Gasteiger charge is 2.28. The van der Waals surface area contributed by atoms with Crippen LogP contribution in [0.15, 0.2) is 24.3 Å². The molecule has 1 fully saturated rings. The Morgan fingerprint density at radius 1 is 1.43 bits per heavy atom. The van der Waals surface area contributed by atoms with Crippen LogP contribution in [0.4, 0.5) is 5.69 Å². The van der Waals surface area contributed by atoms with Crippen LogP contribution in [0.25, 0.3) is 0 Å². The monoisotopic (exact) mass is 312 g/mol. The number of benzene rings is 1. The van der Waals surface area contributed by atoms with Gasteiger partial charge in [-0.25, -0.2) is 0 Å². The number of methoxy groups -OCH3 is 1. The van der Waals surface area contributed by atoms with Crippen molar-refractivity contribution < 1.29 is 9.53 Å². The van der Waals surface area contributed by atoms with Crippen LogP contribution in [0.1, 0.15) is 32.6 Å². The Hall–Kier alpha value is -1.26. The number of rotatable bonds is 5. The Morgan fingerprint density at radius 2 is 2.19 bits per heavy atom. The number of carbonyl (C=O) groups is 1. The van der Waals surface area contributed by atoms with Crippen LogP contribution in [0.3, 0.4) is 0 Å². The van der Waals surface area contributed by atoms with E-state index >= 15 is 0 Å². The standard InChI is InChI=1S/C16H24N2O2.ClH/c1-3-18(13-7-5-8-14(11-13)20-2)16(19)10-12-6-4-9-15(12)17;/h5,7-8,11-12,15H,3-4,6,9-10,17H2,1-2H3;1H/t12-,15+;/m0./s1. The Labute approximate surface area is 133 Å². The predicted molar refractivity (Wildman–Crippen MR) is 88.2 cm³/mol. The summed E-state index contributed by atoms with van der Waals surface area (Å²) >= 11 is 0. The molecule has 2 atom stereocenters. The number of ether oxygens (including phenoxy) is 1. The number of nitrogens with two attached hydrogens (primary N) is 1. The Morgan fingerprint density at radius 3 is 2.76 bits per heavy atom. The van der Waals surface area contributed by atoms with Crippen LogP contribution in [0, 0.1) is 5.92 Å². The molecule has 0 spiro atoms. The molecule has 2 N–H and O–H groups in total. The topological polar surface area (TPSA) is 55.6 Å². The first-order valence-corrected chi connectivity index (χ1v) is 7.35. The van der Waals surface area contributed by atoms with E-state index in [2.05, 4.69) is 0 Å². The molecule has 5 heteroatoms. The highest BCUT2D eigenvalue weighted by Crippen LogP contribution is 2.29. The van der Waals surface area contributed by atoms with Gasteiger partial charge in [0.15, 0.2) is 0 Å². The van der Waals surface area contributed by atoms with Gasteiger partial charge in [0.25, 0.3) is 0 Å². The van der Waals surface area contributed by atoms with E-state index in [1.54, 1.807) is 7.11 Å². The van der Waals surface area contributed by atoms with Gasteiger partial charge in [-0.1, -0.05) is 12.5 Å². The van der Waals surface area contributed by atoms with E-state index in [0.29, 0.717) is 18.9 Å². The molecule has 1 amide bonds. The maximum Gasteiger partial charge on any atom is 0.227 e. The van der Waals surface area contributed by atoms with E-state index < -0.39 is 0 Å². The smallest absolute Gasteiger partial charge is 0.227 e. The van der Waals surface area contributed by atoms with Crippen molar-refractivity contribution in [2.24, 2.45) is 11.7 Å². The van der Waals surface area contributed by atoms with Crippen LogP contribution < -0.4 is 15.4 Å². The van der Waals surface area contributed by atoms with Gasteiger partial charge in [-0.05, 0) is 37.8 Å². The molecule has 0 aromatic heterocycles. The molecule has 118 valence electrons. The molecular formula is C16H25ClN2O2. The van der Waals surface area contributed by atoms with Crippen molar-refractivity contribution in [1.29, 1.82) is 0 Å². The molecule has 0 bridgehead atoms. The molecule has 0 heterocycles. The molecule has 1 aliphatic carbocycles. The summed E-state index contributed by atoms with van der Waals surface area (Å²) in [5.41, 5.74) is 6.95. The van der Waals surface area contributed by atoms with E-state index in [9.17, 15) is 4.79 Å². The molecule has 1 aromatic carbocycles. The fourth-order valence-corrected chi connectivity index (χ4v) is 2.93. The minimum Gasteiger partial charge on any atom is -0.497 e. The summed E-state index contributed by atoms with van der Waals surface area (Å²) in [7, 11) is 1.63. The van der Waals surface area contributed by atoms with E-state index in [0.717, 1.165) is 30.7 Å². The quantitative estimate of drug-likeness (QED) is 0.909. The van der Waals surface area contributed by atoms with Crippen LogP contribution in [-0.2, 0) is 4.79 Å². The minimum atomic E-state index is 0. The summed E-state index contributed by atoms with van der Waals surface area (Å²) in [5.74, 6) is 1.26. The molecule has 21 heavy (non-hydrogen) atoms. The third kappa shape index (κ3) is 4.35. The Balaban J connectivity index is 0.00000220. The van der Waals surface area contributed by atoms with E-state index in [-0.39, 0.29) is 24.4 Å². The second-order valence-corrected chi connectivity index (χ2v) is 5.40. The van der Waals surface area contributed by atoms with Crippen molar-refractivity contribution in [2.45, 2.75) is 38.6 Å². The molecule has 0 radical (unpaired) electrons. The zero-order valence-electron chi connectivity index (χ0n) is 12.7. The molecule has 4 nitrogen and oxygen atoms in total.